The van der Waals surface area contributed by atoms with Crippen molar-refractivity contribution in [3.05, 3.63) is 88.0 Å². The second-order valence-electron chi connectivity index (χ2n) is 10.8. The smallest absolute Gasteiger partial charge is 0.271 e. The molecule has 1 aromatic carbocycles. The summed E-state index contributed by atoms with van der Waals surface area (Å²) >= 11 is 0. The third-order valence-corrected chi connectivity index (χ3v) is 7.77. The van der Waals surface area contributed by atoms with Gasteiger partial charge in [-0.05, 0) is 48.7 Å². The number of benzene rings is 1. The van der Waals surface area contributed by atoms with Gasteiger partial charge in [-0.25, -0.2) is 13.8 Å². The fraction of sp³-hybridized carbons (Fsp3) is 0.281. The molecule has 3 aromatic heterocycles. The Bertz CT molecular complexity index is 1860. The van der Waals surface area contributed by atoms with Gasteiger partial charge in [0.2, 0.25) is 5.91 Å². The fourth-order valence-corrected chi connectivity index (χ4v) is 5.62. The van der Waals surface area contributed by atoms with Crippen LogP contribution in [0, 0.1) is 18.6 Å². The Balaban J connectivity index is 1.93. The van der Waals surface area contributed by atoms with E-state index in [4.69, 9.17) is 0 Å². The minimum Gasteiger partial charge on any atom is -0.507 e. The van der Waals surface area contributed by atoms with Gasteiger partial charge in [0, 0.05) is 44.8 Å². The molecule has 228 valence electrons. The normalized spacial score (nSPS) is 13.4. The van der Waals surface area contributed by atoms with Crippen molar-refractivity contribution in [2.24, 2.45) is 0 Å². The molecule has 1 aliphatic rings. The van der Waals surface area contributed by atoms with Gasteiger partial charge in [-0.1, -0.05) is 26.5 Å². The van der Waals surface area contributed by atoms with Crippen molar-refractivity contribution in [1.29, 1.82) is 0 Å². The van der Waals surface area contributed by atoms with E-state index in [1.165, 1.54) is 29.8 Å². The van der Waals surface area contributed by atoms with Crippen molar-refractivity contribution < 1.29 is 23.5 Å². The zero-order valence-electron chi connectivity index (χ0n) is 24.8. The summed E-state index contributed by atoms with van der Waals surface area (Å²) in [5.41, 5.74) is -0.350. The standard InChI is InChI=1S/C32H32F2N6O4/c1-6-23(42)38-12-14-39(15-13-38)29-19-16-21(34)27(24-20(33)8-7-9-22(24)41)37-30(19)40(32(44)25(29)31(43)35-5)28-18(4)10-11-36-26(28)17(2)3/h6-11,16-17,41H,1,12-15H2,2-5H3,(H,35,43). The first-order valence-corrected chi connectivity index (χ1v) is 14.1. The molecule has 0 atom stereocenters. The predicted octanol–water partition coefficient (Wildman–Crippen LogP) is 4.06. The summed E-state index contributed by atoms with van der Waals surface area (Å²) in [4.78, 5) is 52.6. The summed E-state index contributed by atoms with van der Waals surface area (Å²) in [6, 6.07) is 6.36. The molecule has 1 saturated heterocycles. The lowest BCUT2D eigenvalue weighted by Gasteiger charge is -2.37. The molecule has 5 rings (SSSR count). The number of carbonyl (C=O) groups excluding carboxylic acids is 2. The number of hydrogen-bond acceptors (Lipinski definition) is 7. The first-order valence-electron chi connectivity index (χ1n) is 14.1. The van der Waals surface area contributed by atoms with Crippen LogP contribution in [-0.2, 0) is 4.79 Å². The van der Waals surface area contributed by atoms with Crippen LogP contribution >= 0.6 is 0 Å². The van der Waals surface area contributed by atoms with Crippen molar-refractivity contribution in [2.45, 2.75) is 26.7 Å². The number of aryl methyl sites for hydroxylation is 1. The zero-order chi connectivity index (χ0) is 31.9. The Labute approximate surface area is 252 Å². The second kappa shape index (κ2) is 11.9. The van der Waals surface area contributed by atoms with Gasteiger partial charge >= 0.3 is 0 Å². The number of amides is 2. The van der Waals surface area contributed by atoms with Crippen molar-refractivity contribution in [3.63, 3.8) is 0 Å². The lowest BCUT2D eigenvalue weighted by Crippen LogP contribution is -2.49. The van der Waals surface area contributed by atoms with Gasteiger partial charge in [-0.15, -0.1) is 0 Å². The third kappa shape index (κ3) is 5.06. The number of nitrogens with one attached hydrogen (secondary N) is 1. The Kier molecular flexibility index (Phi) is 8.18. The minimum atomic E-state index is -0.973. The highest BCUT2D eigenvalue weighted by Gasteiger charge is 2.32. The molecule has 0 spiro atoms. The Hall–Kier alpha value is -5.13. The predicted molar refractivity (Wildman–Crippen MR) is 163 cm³/mol. The summed E-state index contributed by atoms with van der Waals surface area (Å²) in [7, 11) is 1.39. The maximum Gasteiger partial charge on any atom is 0.271 e. The van der Waals surface area contributed by atoms with Gasteiger partial charge in [0.25, 0.3) is 11.5 Å². The van der Waals surface area contributed by atoms with Gasteiger partial charge in [0.15, 0.2) is 11.5 Å². The number of nitrogens with zero attached hydrogens (tertiary/aromatic N) is 5. The summed E-state index contributed by atoms with van der Waals surface area (Å²) in [5, 5.41) is 13.2. The Morgan fingerprint density at radius 3 is 2.41 bits per heavy atom. The molecule has 10 nitrogen and oxygen atoms in total. The highest BCUT2D eigenvalue weighted by atomic mass is 19.1. The number of aromatic hydroxyl groups is 1. The quantitative estimate of drug-likeness (QED) is 0.320. The minimum absolute atomic E-state index is 0.0562. The molecule has 4 heterocycles. The van der Waals surface area contributed by atoms with Crippen LogP contribution in [0.1, 0.15) is 41.4 Å². The maximum atomic E-state index is 16.0. The molecule has 0 unspecified atom stereocenters. The van der Waals surface area contributed by atoms with Gasteiger partial charge in [-0.2, -0.15) is 0 Å². The van der Waals surface area contributed by atoms with Crippen LogP contribution in [0.25, 0.3) is 28.0 Å². The average molecular weight is 603 g/mol. The maximum absolute atomic E-state index is 16.0. The molecular formula is C32H32F2N6O4. The molecule has 2 amide bonds. The molecule has 0 aliphatic carbocycles. The number of piperazine rings is 1. The molecule has 44 heavy (non-hydrogen) atoms. The monoisotopic (exact) mass is 602 g/mol. The molecular weight excluding hydrogens is 570 g/mol. The van der Waals surface area contributed by atoms with Gasteiger partial charge in [0.05, 0.1) is 22.6 Å². The van der Waals surface area contributed by atoms with E-state index in [2.05, 4.69) is 21.9 Å². The second-order valence-corrected chi connectivity index (χ2v) is 10.8. The zero-order valence-corrected chi connectivity index (χ0v) is 24.8. The molecule has 2 N–H and O–H groups in total. The van der Waals surface area contributed by atoms with Crippen LogP contribution in [-0.4, -0.2) is 69.6 Å². The van der Waals surface area contributed by atoms with Crippen molar-refractivity contribution in [3.8, 4) is 22.7 Å². The Morgan fingerprint density at radius 2 is 1.80 bits per heavy atom. The van der Waals surface area contributed by atoms with Gasteiger partial charge in [0.1, 0.15) is 22.8 Å². The lowest BCUT2D eigenvalue weighted by molar-refractivity contribution is -0.126. The third-order valence-electron chi connectivity index (χ3n) is 7.77. The number of halogens is 2. The largest absolute Gasteiger partial charge is 0.507 e. The van der Waals surface area contributed by atoms with Crippen LogP contribution in [0.15, 0.2) is 54.0 Å². The SMILES string of the molecule is C=CC(=O)N1CCN(c2c(C(=O)NC)c(=O)n(-c3c(C)ccnc3C(C)C)c3nc(-c4c(O)cccc4F)c(F)cc23)CC1. The van der Waals surface area contributed by atoms with E-state index in [9.17, 15) is 19.5 Å². The van der Waals surface area contributed by atoms with E-state index in [0.29, 0.717) is 16.9 Å². The van der Waals surface area contributed by atoms with E-state index in [1.807, 2.05) is 13.8 Å². The molecule has 1 aliphatic heterocycles. The van der Waals surface area contributed by atoms with E-state index < -0.39 is 40.1 Å². The van der Waals surface area contributed by atoms with Crippen LogP contribution < -0.4 is 15.8 Å². The highest BCUT2D eigenvalue weighted by molar-refractivity contribution is 6.07. The summed E-state index contributed by atoms with van der Waals surface area (Å²) in [5.74, 6) is -3.54. The molecule has 4 aromatic rings. The van der Waals surface area contributed by atoms with E-state index in [0.717, 1.165) is 12.1 Å². The molecule has 0 radical (unpaired) electrons. The fourth-order valence-electron chi connectivity index (χ4n) is 5.62. The molecule has 12 heteroatoms. The number of carbonyl (C=O) groups is 2. The number of pyridine rings is 3. The Morgan fingerprint density at radius 1 is 1.09 bits per heavy atom. The molecule has 1 fully saturated rings. The summed E-state index contributed by atoms with van der Waals surface area (Å²) in [6.07, 6.45) is 2.82. The number of aromatic nitrogens is 3. The van der Waals surface area contributed by atoms with Crippen LogP contribution in [0.2, 0.25) is 0 Å². The van der Waals surface area contributed by atoms with Crippen LogP contribution in [0.4, 0.5) is 14.5 Å². The highest BCUT2D eigenvalue weighted by Crippen LogP contribution is 2.38. The van der Waals surface area contributed by atoms with Crippen LogP contribution in [0.5, 0.6) is 5.75 Å². The number of hydrogen-bond donors (Lipinski definition) is 2. The van der Waals surface area contributed by atoms with E-state index >= 15 is 8.78 Å². The van der Waals surface area contributed by atoms with Crippen molar-refractivity contribution in [2.75, 3.05) is 38.1 Å². The first kappa shape index (κ1) is 30.3. The molecule has 0 saturated carbocycles. The summed E-state index contributed by atoms with van der Waals surface area (Å²) < 4.78 is 32.3. The van der Waals surface area contributed by atoms with E-state index in [-0.39, 0.29) is 60.3 Å². The van der Waals surface area contributed by atoms with Crippen molar-refractivity contribution >= 4 is 28.5 Å². The van der Waals surface area contributed by atoms with Crippen LogP contribution in [0.3, 0.4) is 0 Å². The first-order chi connectivity index (χ1) is 21.0. The van der Waals surface area contributed by atoms with E-state index in [1.54, 1.807) is 29.0 Å². The number of fused-ring (bicyclic) bond motifs is 1. The lowest BCUT2D eigenvalue weighted by atomic mass is 10.0. The summed E-state index contributed by atoms with van der Waals surface area (Å²) in [6.45, 7) is 10.1. The number of rotatable bonds is 6. The number of phenolic OH excluding ortho intramolecular Hbond substituents is 1. The van der Waals surface area contributed by atoms with Crippen molar-refractivity contribution in [1.82, 2.24) is 24.8 Å². The number of phenols is 1. The van der Waals surface area contributed by atoms with Gasteiger partial charge < -0.3 is 20.2 Å². The molecule has 0 bridgehead atoms. The van der Waals surface area contributed by atoms with Gasteiger partial charge in [-0.3, -0.25) is 23.9 Å². The topological polar surface area (TPSA) is 121 Å². The average Bonchev–Trinajstić information content (AvgIpc) is 3.00. The number of anilines is 1.